The molecular formula is C16H25NO2. The van der Waals surface area contributed by atoms with Crippen molar-refractivity contribution in [1.82, 2.24) is 0 Å². The Morgan fingerprint density at radius 3 is 2.79 bits per heavy atom. The lowest BCUT2D eigenvalue weighted by Crippen LogP contribution is -2.14. The van der Waals surface area contributed by atoms with E-state index in [1.54, 1.807) is 0 Å². The van der Waals surface area contributed by atoms with Gasteiger partial charge in [-0.25, -0.2) is 0 Å². The van der Waals surface area contributed by atoms with Crippen molar-refractivity contribution in [1.29, 1.82) is 0 Å². The first-order valence-corrected chi connectivity index (χ1v) is 7.38. The summed E-state index contributed by atoms with van der Waals surface area (Å²) < 4.78 is 11.3. The van der Waals surface area contributed by atoms with E-state index in [-0.39, 0.29) is 0 Å². The van der Waals surface area contributed by atoms with Gasteiger partial charge >= 0.3 is 0 Å². The molecule has 106 valence electrons. The van der Waals surface area contributed by atoms with E-state index in [2.05, 4.69) is 0 Å². The van der Waals surface area contributed by atoms with Gasteiger partial charge in [0.1, 0.15) is 5.75 Å². The van der Waals surface area contributed by atoms with Gasteiger partial charge in [-0.1, -0.05) is 31.4 Å². The second-order valence-corrected chi connectivity index (χ2v) is 5.25. The zero-order chi connectivity index (χ0) is 13.3. The molecule has 3 nitrogen and oxygen atoms in total. The van der Waals surface area contributed by atoms with Gasteiger partial charge in [-0.2, -0.15) is 0 Å². The molecule has 0 amide bonds. The van der Waals surface area contributed by atoms with E-state index < -0.39 is 0 Å². The first-order chi connectivity index (χ1) is 9.38. The van der Waals surface area contributed by atoms with Crippen LogP contribution in [0.1, 0.15) is 37.7 Å². The van der Waals surface area contributed by atoms with Gasteiger partial charge in [-0.05, 0) is 30.0 Å². The average Bonchev–Trinajstić information content (AvgIpc) is 2.40. The molecule has 0 unspecified atom stereocenters. The number of ether oxygens (including phenoxy) is 2. The molecule has 0 atom stereocenters. The maximum atomic E-state index is 5.67. The summed E-state index contributed by atoms with van der Waals surface area (Å²) in [5, 5.41) is 0. The van der Waals surface area contributed by atoms with Crippen LogP contribution in [0.15, 0.2) is 24.3 Å². The van der Waals surface area contributed by atoms with Crippen LogP contribution in [0.5, 0.6) is 5.75 Å². The molecule has 2 rings (SSSR count). The minimum absolute atomic E-state index is 0.557. The highest BCUT2D eigenvalue weighted by Crippen LogP contribution is 2.29. The molecule has 1 aliphatic carbocycles. The lowest BCUT2D eigenvalue weighted by Gasteiger charge is -2.24. The fourth-order valence-corrected chi connectivity index (χ4v) is 2.25. The summed E-state index contributed by atoms with van der Waals surface area (Å²) in [7, 11) is 0. The van der Waals surface area contributed by atoms with Crippen LogP contribution < -0.4 is 10.5 Å². The fraction of sp³-hybridized carbons (Fsp3) is 0.625. The minimum Gasteiger partial charge on any atom is -0.493 e. The Kier molecular flexibility index (Phi) is 6.18. The molecule has 1 aromatic carbocycles. The molecule has 1 fully saturated rings. The Hall–Kier alpha value is -1.06. The predicted molar refractivity (Wildman–Crippen MR) is 77.2 cm³/mol. The van der Waals surface area contributed by atoms with Crippen molar-refractivity contribution >= 4 is 0 Å². The first-order valence-electron chi connectivity index (χ1n) is 7.38. The molecule has 1 aromatic rings. The van der Waals surface area contributed by atoms with Crippen molar-refractivity contribution in [3.63, 3.8) is 0 Å². The van der Waals surface area contributed by atoms with E-state index in [1.165, 1.54) is 25.7 Å². The summed E-state index contributed by atoms with van der Waals surface area (Å²) in [5.41, 5.74) is 6.70. The highest BCUT2D eigenvalue weighted by atomic mass is 16.5. The molecule has 19 heavy (non-hydrogen) atoms. The summed E-state index contributed by atoms with van der Waals surface area (Å²) in [4.78, 5) is 0. The normalized spacial score (nSPS) is 15.2. The molecule has 1 aliphatic rings. The average molecular weight is 263 g/mol. The van der Waals surface area contributed by atoms with Crippen LogP contribution in [0.4, 0.5) is 0 Å². The van der Waals surface area contributed by atoms with Crippen LogP contribution in [0.25, 0.3) is 0 Å². The lowest BCUT2D eigenvalue weighted by atomic mass is 9.83. The van der Waals surface area contributed by atoms with Gasteiger partial charge in [0, 0.05) is 26.2 Å². The van der Waals surface area contributed by atoms with Gasteiger partial charge in [0.05, 0.1) is 6.61 Å². The summed E-state index contributed by atoms with van der Waals surface area (Å²) in [6, 6.07) is 7.96. The Labute approximate surface area is 116 Å². The van der Waals surface area contributed by atoms with E-state index >= 15 is 0 Å². The largest absolute Gasteiger partial charge is 0.493 e. The lowest BCUT2D eigenvalue weighted by molar-refractivity contribution is 0.0961. The molecule has 1 saturated carbocycles. The molecule has 0 bridgehead atoms. The first kappa shape index (κ1) is 14.4. The molecular weight excluding hydrogens is 238 g/mol. The van der Waals surface area contributed by atoms with Crippen LogP contribution in [-0.2, 0) is 11.3 Å². The van der Waals surface area contributed by atoms with Gasteiger partial charge < -0.3 is 15.2 Å². The highest BCUT2D eigenvalue weighted by molar-refractivity contribution is 5.28. The summed E-state index contributed by atoms with van der Waals surface area (Å²) in [6.07, 6.45) is 6.41. The third-order valence-electron chi connectivity index (χ3n) is 3.73. The second kappa shape index (κ2) is 8.18. The van der Waals surface area contributed by atoms with E-state index in [1.807, 2.05) is 24.3 Å². The molecule has 0 spiro atoms. The smallest absolute Gasteiger partial charge is 0.119 e. The number of benzene rings is 1. The molecule has 0 radical (unpaired) electrons. The number of hydrogen-bond acceptors (Lipinski definition) is 3. The number of rotatable bonds is 9. The van der Waals surface area contributed by atoms with Crippen molar-refractivity contribution in [3.8, 4) is 5.75 Å². The second-order valence-electron chi connectivity index (χ2n) is 5.25. The Morgan fingerprint density at radius 2 is 2.05 bits per heavy atom. The monoisotopic (exact) mass is 263 g/mol. The van der Waals surface area contributed by atoms with E-state index in [0.717, 1.165) is 36.9 Å². The topological polar surface area (TPSA) is 44.5 Å². The Morgan fingerprint density at radius 1 is 1.16 bits per heavy atom. The number of hydrogen-bond donors (Lipinski definition) is 1. The van der Waals surface area contributed by atoms with Crippen LogP contribution >= 0.6 is 0 Å². The molecule has 0 aliphatic heterocycles. The molecule has 3 heteroatoms. The third kappa shape index (κ3) is 5.21. The fourth-order valence-electron chi connectivity index (χ4n) is 2.25. The van der Waals surface area contributed by atoms with Gasteiger partial charge in [-0.15, -0.1) is 0 Å². The van der Waals surface area contributed by atoms with Gasteiger partial charge in [0.15, 0.2) is 0 Å². The van der Waals surface area contributed by atoms with Crippen molar-refractivity contribution in [2.75, 3.05) is 19.8 Å². The minimum atomic E-state index is 0.557. The molecule has 0 saturated heterocycles. The van der Waals surface area contributed by atoms with Crippen molar-refractivity contribution in [3.05, 3.63) is 29.8 Å². The van der Waals surface area contributed by atoms with E-state index in [4.69, 9.17) is 15.2 Å². The van der Waals surface area contributed by atoms with Crippen LogP contribution in [0.2, 0.25) is 0 Å². The van der Waals surface area contributed by atoms with Crippen molar-refractivity contribution < 1.29 is 9.47 Å². The van der Waals surface area contributed by atoms with Crippen molar-refractivity contribution in [2.24, 2.45) is 11.7 Å². The quantitative estimate of drug-likeness (QED) is 0.696. The van der Waals surface area contributed by atoms with Crippen LogP contribution in [-0.4, -0.2) is 19.8 Å². The van der Waals surface area contributed by atoms with Gasteiger partial charge in [-0.3, -0.25) is 0 Å². The van der Waals surface area contributed by atoms with Gasteiger partial charge in [0.25, 0.3) is 0 Å². The standard InChI is InChI=1S/C16H25NO2/c17-13-15-6-2-7-16(12-15)19-10-3-9-18-11-8-14-4-1-5-14/h2,6-7,12,14H,1,3-5,8-11,13,17H2. The van der Waals surface area contributed by atoms with Gasteiger partial charge in [0.2, 0.25) is 0 Å². The van der Waals surface area contributed by atoms with Crippen LogP contribution in [0.3, 0.4) is 0 Å². The maximum Gasteiger partial charge on any atom is 0.119 e. The van der Waals surface area contributed by atoms with Crippen molar-refractivity contribution in [2.45, 2.75) is 38.6 Å². The summed E-state index contributed by atoms with van der Waals surface area (Å²) >= 11 is 0. The molecule has 0 heterocycles. The molecule has 0 aromatic heterocycles. The SMILES string of the molecule is NCc1cccc(OCCCOCCC2CCC2)c1. The van der Waals surface area contributed by atoms with E-state index in [0.29, 0.717) is 13.2 Å². The summed E-state index contributed by atoms with van der Waals surface area (Å²) in [6.45, 7) is 2.97. The summed E-state index contributed by atoms with van der Waals surface area (Å²) in [5.74, 6) is 1.84. The Bertz CT molecular complexity index is 364. The zero-order valence-electron chi connectivity index (χ0n) is 11.6. The van der Waals surface area contributed by atoms with Crippen LogP contribution in [0, 0.1) is 5.92 Å². The Balaban J connectivity index is 1.48. The van der Waals surface area contributed by atoms with E-state index in [9.17, 15) is 0 Å². The highest BCUT2D eigenvalue weighted by Gasteiger charge is 2.16. The molecule has 2 N–H and O–H groups in total. The zero-order valence-corrected chi connectivity index (χ0v) is 11.6. The maximum absolute atomic E-state index is 5.67. The third-order valence-corrected chi connectivity index (χ3v) is 3.73. The number of nitrogens with two attached hydrogens (primary N) is 1. The predicted octanol–water partition coefficient (Wildman–Crippen LogP) is 3.12.